The minimum absolute atomic E-state index is 0.0425. The summed E-state index contributed by atoms with van der Waals surface area (Å²) in [4.78, 5) is 29.0. The van der Waals surface area contributed by atoms with Crippen molar-refractivity contribution in [2.45, 2.75) is 45.7 Å². The number of rotatable bonds is 9. The van der Waals surface area contributed by atoms with Gasteiger partial charge in [-0.05, 0) is 43.0 Å². The number of carbonyl (C=O) groups excluding carboxylic acids is 1. The van der Waals surface area contributed by atoms with Gasteiger partial charge in [0.25, 0.3) is 0 Å². The molecule has 0 aliphatic rings. The predicted octanol–water partition coefficient (Wildman–Crippen LogP) is 6.25. The van der Waals surface area contributed by atoms with E-state index in [1.165, 1.54) is 35.6 Å². The molecule has 6 nitrogen and oxygen atoms in total. The molecule has 0 atom stereocenters. The molecule has 0 fully saturated rings. The second-order valence-electron chi connectivity index (χ2n) is 8.30. The van der Waals surface area contributed by atoms with Gasteiger partial charge in [0, 0.05) is 22.9 Å². The van der Waals surface area contributed by atoms with Gasteiger partial charge in [-0.1, -0.05) is 26.0 Å². The number of aromatic hydroxyl groups is 1. The zero-order valence-electron chi connectivity index (χ0n) is 19.3. The first-order chi connectivity index (χ1) is 16.4. The van der Waals surface area contributed by atoms with Crippen LogP contribution in [0, 0.1) is 6.92 Å². The lowest BCUT2D eigenvalue weighted by atomic mass is 10.0. The topological polar surface area (TPSA) is 96.7 Å². The Morgan fingerprint density at radius 2 is 1.80 bits per heavy atom. The fourth-order valence-corrected chi connectivity index (χ4v) is 4.70. The molecule has 3 rings (SSSR count). The predicted molar refractivity (Wildman–Crippen MR) is 125 cm³/mol. The van der Waals surface area contributed by atoms with Gasteiger partial charge in [0.05, 0.1) is 16.8 Å². The Bertz CT molecular complexity index is 1230. The van der Waals surface area contributed by atoms with Crippen molar-refractivity contribution in [1.29, 1.82) is 0 Å². The molecule has 0 amide bonds. The third-order valence-corrected chi connectivity index (χ3v) is 6.44. The van der Waals surface area contributed by atoms with E-state index in [2.05, 4.69) is 4.98 Å². The summed E-state index contributed by atoms with van der Waals surface area (Å²) in [7, 11) is 0. The van der Waals surface area contributed by atoms with Gasteiger partial charge in [0.2, 0.25) is 0 Å². The van der Waals surface area contributed by atoms with Gasteiger partial charge in [-0.25, -0.2) is 9.78 Å². The number of halogens is 3. The van der Waals surface area contributed by atoms with Gasteiger partial charge in [0.1, 0.15) is 16.5 Å². The summed E-state index contributed by atoms with van der Waals surface area (Å²) in [5.74, 6) is -1.56. The van der Waals surface area contributed by atoms with Gasteiger partial charge < -0.3 is 14.9 Å². The summed E-state index contributed by atoms with van der Waals surface area (Å²) >= 11 is 1.33. The number of carboxylic acid groups (broad SMARTS) is 1. The van der Waals surface area contributed by atoms with Crippen molar-refractivity contribution >= 4 is 23.1 Å². The number of hydrogen-bond donors (Lipinski definition) is 2. The lowest BCUT2D eigenvalue weighted by Gasteiger charge is -2.11. The molecule has 0 saturated carbocycles. The summed E-state index contributed by atoms with van der Waals surface area (Å²) in [6, 6.07) is 7.48. The van der Waals surface area contributed by atoms with E-state index in [9.17, 15) is 27.9 Å². The number of aliphatic carboxylic acids is 1. The number of phenols is 1. The lowest BCUT2D eigenvalue weighted by Crippen LogP contribution is -2.10. The Morgan fingerprint density at radius 1 is 1.14 bits per heavy atom. The van der Waals surface area contributed by atoms with Crippen molar-refractivity contribution in [3.8, 4) is 22.1 Å². The standard InChI is InChI=1S/C25H24F3NO5S/c1-13(2)23-21(35-24(29-23)15-4-6-16(7-5-15)25(26,27)28)9-8-18(30)17-10-14(3)20(11-19(17)31)34-12-22(32)33/h4-7,10-11,13,31H,8-9,12H2,1-3H3,(H,32,33). The molecule has 0 bridgehead atoms. The second kappa shape index (κ2) is 10.5. The molecule has 3 aromatic rings. The minimum Gasteiger partial charge on any atom is -0.507 e. The largest absolute Gasteiger partial charge is 0.507 e. The summed E-state index contributed by atoms with van der Waals surface area (Å²) in [5, 5.41) is 19.6. The number of carboxylic acids is 1. The van der Waals surface area contributed by atoms with E-state index in [0.29, 0.717) is 22.6 Å². The maximum absolute atomic E-state index is 12.9. The molecular weight excluding hydrogens is 483 g/mol. The number of thiazole rings is 1. The smallest absolute Gasteiger partial charge is 0.416 e. The zero-order chi connectivity index (χ0) is 25.9. The van der Waals surface area contributed by atoms with Crippen LogP contribution in [0.25, 0.3) is 10.6 Å². The number of nitrogens with zero attached hydrogens (tertiary/aromatic N) is 1. The molecule has 10 heteroatoms. The monoisotopic (exact) mass is 507 g/mol. The fourth-order valence-electron chi connectivity index (χ4n) is 3.48. The van der Waals surface area contributed by atoms with E-state index in [-0.39, 0.29) is 35.2 Å². The van der Waals surface area contributed by atoms with Crippen LogP contribution in [0.2, 0.25) is 0 Å². The molecule has 0 aliphatic heterocycles. The maximum Gasteiger partial charge on any atom is 0.416 e. The highest BCUT2D eigenvalue weighted by molar-refractivity contribution is 7.15. The average molecular weight is 508 g/mol. The summed E-state index contributed by atoms with van der Waals surface area (Å²) in [6.45, 7) is 4.96. The molecule has 0 aliphatic carbocycles. The van der Waals surface area contributed by atoms with Crippen molar-refractivity contribution in [3.05, 3.63) is 63.7 Å². The Morgan fingerprint density at radius 3 is 2.37 bits per heavy atom. The lowest BCUT2D eigenvalue weighted by molar-refractivity contribution is -0.139. The van der Waals surface area contributed by atoms with Crippen LogP contribution in [-0.2, 0) is 17.4 Å². The third kappa shape index (κ3) is 6.39. The number of benzene rings is 2. The SMILES string of the molecule is Cc1cc(C(=O)CCc2sc(-c3ccc(C(F)(F)F)cc3)nc2C(C)C)c(O)cc1OCC(=O)O. The van der Waals surface area contributed by atoms with Gasteiger partial charge in [-0.3, -0.25) is 4.79 Å². The number of phenolic OH excluding ortho intramolecular Hbond substituents is 1. The van der Waals surface area contributed by atoms with Gasteiger partial charge >= 0.3 is 12.1 Å². The minimum atomic E-state index is -4.42. The van der Waals surface area contributed by atoms with Crippen LogP contribution >= 0.6 is 11.3 Å². The van der Waals surface area contributed by atoms with E-state index >= 15 is 0 Å². The van der Waals surface area contributed by atoms with E-state index in [0.717, 1.165) is 22.7 Å². The highest BCUT2D eigenvalue weighted by Gasteiger charge is 2.30. The number of hydrogen-bond acceptors (Lipinski definition) is 6. The van der Waals surface area contributed by atoms with Crippen molar-refractivity contribution in [2.24, 2.45) is 0 Å². The average Bonchev–Trinajstić information content (AvgIpc) is 3.22. The fraction of sp³-hybridized carbons (Fsp3) is 0.320. The van der Waals surface area contributed by atoms with Crippen LogP contribution in [0.4, 0.5) is 13.2 Å². The molecule has 1 heterocycles. The van der Waals surface area contributed by atoms with E-state index < -0.39 is 24.3 Å². The molecule has 2 aromatic carbocycles. The first-order valence-electron chi connectivity index (χ1n) is 10.8. The van der Waals surface area contributed by atoms with Gasteiger partial charge in [-0.15, -0.1) is 11.3 Å². The Hall–Kier alpha value is -3.40. The summed E-state index contributed by atoms with van der Waals surface area (Å²) < 4.78 is 43.7. The quantitative estimate of drug-likeness (QED) is 0.333. The van der Waals surface area contributed by atoms with Crippen LogP contribution in [0.15, 0.2) is 36.4 Å². The van der Waals surface area contributed by atoms with Crippen molar-refractivity contribution < 1.29 is 37.7 Å². The molecular formula is C25H24F3NO5S. The Labute approximate surface area is 204 Å². The molecule has 1 aromatic heterocycles. The second-order valence-corrected chi connectivity index (χ2v) is 9.38. The van der Waals surface area contributed by atoms with Crippen molar-refractivity contribution in [3.63, 3.8) is 0 Å². The number of aromatic nitrogens is 1. The Balaban J connectivity index is 1.78. The highest BCUT2D eigenvalue weighted by Crippen LogP contribution is 2.36. The highest BCUT2D eigenvalue weighted by atomic mass is 32.1. The number of carbonyl (C=O) groups is 2. The van der Waals surface area contributed by atoms with Crippen molar-refractivity contribution in [2.75, 3.05) is 6.61 Å². The van der Waals surface area contributed by atoms with E-state index in [1.54, 1.807) is 6.92 Å². The van der Waals surface area contributed by atoms with Crippen molar-refractivity contribution in [1.82, 2.24) is 4.98 Å². The van der Waals surface area contributed by atoms with E-state index in [4.69, 9.17) is 9.84 Å². The summed E-state index contributed by atoms with van der Waals surface area (Å²) in [5.41, 5.74) is 1.21. The summed E-state index contributed by atoms with van der Waals surface area (Å²) in [6.07, 6.45) is -3.99. The van der Waals surface area contributed by atoms with Crippen LogP contribution in [0.5, 0.6) is 11.5 Å². The first-order valence-corrected chi connectivity index (χ1v) is 11.6. The first kappa shape index (κ1) is 26.2. The number of ether oxygens (including phenoxy) is 1. The molecule has 35 heavy (non-hydrogen) atoms. The molecule has 186 valence electrons. The van der Waals surface area contributed by atoms with Gasteiger partial charge in [-0.2, -0.15) is 13.2 Å². The number of Topliss-reactive ketones (excluding diaryl/α,β-unsaturated/α-hetero) is 1. The van der Waals surface area contributed by atoms with Gasteiger partial charge in [0.15, 0.2) is 12.4 Å². The molecule has 0 saturated heterocycles. The van der Waals surface area contributed by atoms with Crippen LogP contribution in [-0.4, -0.2) is 33.6 Å². The number of alkyl halides is 3. The Kier molecular flexibility index (Phi) is 7.84. The zero-order valence-corrected chi connectivity index (χ0v) is 20.1. The third-order valence-electron chi connectivity index (χ3n) is 5.26. The number of aryl methyl sites for hydroxylation is 2. The molecule has 0 spiro atoms. The molecule has 2 N–H and O–H groups in total. The maximum atomic E-state index is 12.9. The van der Waals surface area contributed by atoms with Crippen LogP contribution < -0.4 is 4.74 Å². The normalized spacial score (nSPS) is 11.6. The van der Waals surface area contributed by atoms with Crippen LogP contribution in [0.1, 0.15) is 58.2 Å². The van der Waals surface area contributed by atoms with E-state index in [1.807, 2.05) is 13.8 Å². The molecule has 0 radical (unpaired) electrons. The number of ketones is 1. The molecule has 0 unspecified atom stereocenters. The van der Waals surface area contributed by atoms with Crippen LogP contribution in [0.3, 0.4) is 0 Å².